The maximum absolute atomic E-state index is 13.5. The van der Waals surface area contributed by atoms with Crippen molar-refractivity contribution in [2.45, 2.75) is 25.0 Å². The Morgan fingerprint density at radius 3 is 2.75 bits per heavy atom. The Labute approximate surface area is 215 Å². The first-order chi connectivity index (χ1) is 17.4. The normalized spacial score (nSPS) is 11.9. The zero-order chi connectivity index (χ0) is 25.2. The van der Waals surface area contributed by atoms with Crippen molar-refractivity contribution in [1.29, 1.82) is 0 Å². The van der Waals surface area contributed by atoms with Crippen LogP contribution in [0.15, 0.2) is 59.8 Å². The van der Waals surface area contributed by atoms with Crippen LogP contribution in [0.3, 0.4) is 0 Å². The molecule has 0 fully saturated rings. The summed E-state index contributed by atoms with van der Waals surface area (Å²) in [6.07, 6.45) is 2.04. The summed E-state index contributed by atoms with van der Waals surface area (Å²) in [7, 11) is 0. The monoisotopic (exact) mass is 522 g/mol. The number of carbonyl (C=O) groups is 1. The molecule has 2 aromatic heterocycles. The van der Waals surface area contributed by atoms with Gasteiger partial charge in [0.25, 0.3) is 0 Å². The molecule has 1 aliphatic rings. The van der Waals surface area contributed by atoms with Crippen LogP contribution >= 0.6 is 23.4 Å². The number of anilines is 1. The first kappa shape index (κ1) is 24.2. The van der Waals surface area contributed by atoms with Gasteiger partial charge in [0.1, 0.15) is 10.8 Å². The van der Waals surface area contributed by atoms with Crippen LogP contribution in [0.1, 0.15) is 22.4 Å². The molecule has 0 bridgehead atoms. The number of benzene rings is 2. The molecule has 0 saturated heterocycles. The number of ether oxygens (including phenoxy) is 1. The molecule has 10 heteroatoms. The Morgan fingerprint density at radius 2 is 2.00 bits per heavy atom. The van der Waals surface area contributed by atoms with E-state index >= 15 is 0 Å². The van der Waals surface area contributed by atoms with Gasteiger partial charge in [0, 0.05) is 40.0 Å². The summed E-state index contributed by atoms with van der Waals surface area (Å²) in [6, 6.07) is 12.8. The number of thioether (sulfide) groups is 1. The first-order valence-corrected chi connectivity index (χ1v) is 12.4. The molecular weight excluding hydrogens is 503 g/mol. The topological polar surface area (TPSA) is 97.2 Å². The molecule has 0 atom stereocenters. The quantitative estimate of drug-likeness (QED) is 0.222. The van der Waals surface area contributed by atoms with Crippen LogP contribution in [0.25, 0.3) is 11.4 Å². The van der Waals surface area contributed by atoms with E-state index in [0.29, 0.717) is 62.0 Å². The Hall–Kier alpha value is -3.53. The van der Waals surface area contributed by atoms with Crippen molar-refractivity contribution in [3.63, 3.8) is 0 Å². The Morgan fingerprint density at radius 1 is 1.19 bits per heavy atom. The van der Waals surface area contributed by atoms with Gasteiger partial charge < -0.3 is 15.2 Å². The standard InChI is InChI=1S/C26H20ClFN4O3S/c1-14-23-20(16(12-33)11-29-14)10-21-25(35-23)31-24(15-5-7-18(28)8-6-15)32-26(21)36-13-22(34)30-19-4-2-3-17(27)9-19/h2-9,11,33H,10,12-13H2,1H3,(H,30,34). The number of aliphatic hydroxyl groups is 1. The van der Waals surface area contributed by atoms with Crippen LogP contribution in [-0.2, 0) is 17.8 Å². The minimum atomic E-state index is -0.368. The maximum Gasteiger partial charge on any atom is 0.234 e. The first-order valence-electron chi connectivity index (χ1n) is 11.0. The van der Waals surface area contributed by atoms with Crippen LogP contribution < -0.4 is 10.1 Å². The number of rotatable bonds is 6. The average molecular weight is 523 g/mol. The summed E-state index contributed by atoms with van der Waals surface area (Å²) in [5.74, 6) is 0.716. The lowest BCUT2D eigenvalue weighted by Gasteiger charge is -2.24. The molecule has 0 radical (unpaired) electrons. The van der Waals surface area contributed by atoms with Gasteiger partial charge in [0.15, 0.2) is 11.6 Å². The Bertz CT molecular complexity index is 1470. The molecule has 0 aliphatic carbocycles. The fraction of sp³-hybridized carbons (Fsp3) is 0.154. The third kappa shape index (κ3) is 5.04. The van der Waals surface area contributed by atoms with E-state index in [9.17, 15) is 14.3 Å². The number of halogens is 2. The van der Waals surface area contributed by atoms with Crippen LogP contribution in [-0.4, -0.2) is 31.7 Å². The highest BCUT2D eigenvalue weighted by atomic mass is 35.5. The van der Waals surface area contributed by atoms with E-state index in [1.807, 2.05) is 6.92 Å². The highest BCUT2D eigenvalue weighted by Crippen LogP contribution is 2.42. The lowest BCUT2D eigenvalue weighted by Crippen LogP contribution is -2.16. The summed E-state index contributed by atoms with van der Waals surface area (Å²) in [6.45, 7) is 1.64. The van der Waals surface area contributed by atoms with Crippen LogP contribution in [0, 0.1) is 12.7 Å². The van der Waals surface area contributed by atoms with Crippen molar-refractivity contribution in [2.75, 3.05) is 11.1 Å². The van der Waals surface area contributed by atoms with Gasteiger partial charge in [-0.1, -0.05) is 29.4 Å². The SMILES string of the molecule is Cc1ncc(CO)c2c1Oc1nc(-c3ccc(F)cc3)nc(SCC(=O)Nc3cccc(Cl)c3)c1C2. The predicted octanol–water partition coefficient (Wildman–Crippen LogP) is 5.56. The molecule has 0 spiro atoms. The summed E-state index contributed by atoms with van der Waals surface area (Å²) >= 11 is 7.25. The molecule has 182 valence electrons. The second kappa shape index (κ2) is 10.2. The second-order valence-electron chi connectivity index (χ2n) is 8.10. The molecule has 2 N–H and O–H groups in total. The Balaban J connectivity index is 1.49. The van der Waals surface area contributed by atoms with Crippen LogP contribution in [0.4, 0.5) is 10.1 Å². The third-order valence-corrected chi connectivity index (χ3v) is 6.86. The summed E-state index contributed by atoms with van der Waals surface area (Å²) in [5, 5.41) is 13.7. The molecule has 36 heavy (non-hydrogen) atoms. The summed E-state index contributed by atoms with van der Waals surface area (Å²) in [4.78, 5) is 26.3. The van der Waals surface area contributed by atoms with E-state index in [1.165, 1.54) is 23.9 Å². The molecule has 0 unspecified atom stereocenters. The molecule has 2 aromatic carbocycles. The zero-order valence-corrected chi connectivity index (χ0v) is 20.7. The number of nitrogens with zero attached hydrogens (tertiary/aromatic N) is 3. The number of amides is 1. The summed E-state index contributed by atoms with van der Waals surface area (Å²) < 4.78 is 19.7. The van der Waals surface area contributed by atoms with E-state index in [0.717, 1.165) is 5.56 Å². The highest BCUT2D eigenvalue weighted by Gasteiger charge is 2.28. The van der Waals surface area contributed by atoms with Crippen molar-refractivity contribution in [3.05, 3.63) is 88.0 Å². The van der Waals surface area contributed by atoms with Crippen molar-refractivity contribution >= 4 is 35.0 Å². The molecular formula is C26H20ClFN4O3S. The lowest BCUT2D eigenvalue weighted by molar-refractivity contribution is -0.113. The van der Waals surface area contributed by atoms with Crippen LogP contribution in [0.2, 0.25) is 5.02 Å². The smallest absolute Gasteiger partial charge is 0.234 e. The minimum absolute atomic E-state index is 0.0773. The van der Waals surface area contributed by atoms with E-state index in [4.69, 9.17) is 21.3 Å². The van der Waals surface area contributed by atoms with E-state index < -0.39 is 0 Å². The van der Waals surface area contributed by atoms with Crippen molar-refractivity contribution < 1.29 is 19.0 Å². The number of hydrogen-bond acceptors (Lipinski definition) is 7. The number of aryl methyl sites for hydroxylation is 1. The van der Waals surface area contributed by atoms with Crippen molar-refractivity contribution in [3.8, 4) is 23.0 Å². The molecule has 1 aliphatic heterocycles. The van der Waals surface area contributed by atoms with Gasteiger partial charge in [-0.05, 0) is 49.4 Å². The second-order valence-corrected chi connectivity index (χ2v) is 9.50. The van der Waals surface area contributed by atoms with Crippen molar-refractivity contribution in [1.82, 2.24) is 15.0 Å². The van der Waals surface area contributed by atoms with Gasteiger partial charge in [-0.15, -0.1) is 0 Å². The molecule has 7 nitrogen and oxygen atoms in total. The number of hydrogen-bond donors (Lipinski definition) is 2. The van der Waals surface area contributed by atoms with Gasteiger partial charge in [-0.2, -0.15) is 4.98 Å². The fourth-order valence-corrected chi connectivity index (χ4v) is 4.85. The highest BCUT2D eigenvalue weighted by molar-refractivity contribution is 8.00. The largest absolute Gasteiger partial charge is 0.436 e. The molecule has 4 aromatic rings. The molecule has 0 saturated carbocycles. The van der Waals surface area contributed by atoms with E-state index in [1.54, 1.807) is 42.6 Å². The number of aliphatic hydroxyl groups excluding tert-OH is 1. The number of fused-ring (bicyclic) bond motifs is 2. The van der Waals surface area contributed by atoms with Crippen molar-refractivity contribution in [2.24, 2.45) is 0 Å². The van der Waals surface area contributed by atoms with Gasteiger partial charge in [-0.25, -0.2) is 9.37 Å². The average Bonchev–Trinajstić information content (AvgIpc) is 2.87. The summed E-state index contributed by atoms with van der Waals surface area (Å²) in [5.41, 5.74) is 4.04. The Kier molecular flexibility index (Phi) is 6.86. The molecule has 3 heterocycles. The van der Waals surface area contributed by atoms with Gasteiger partial charge >= 0.3 is 0 Å². The zero-order valence-electron chi connectivity index (χ0n) is 19.1. The molecule has 5 rings (SSSR count). The number of aromatic nitrogens is 3. The molecule has 1 amide bonds. The number of nitrogens with one attached hydrogen (secondary N) is 1. The van der Waals surface area contributed by atoms with Gasteiger partial charge in [0.05, 0.1) is 23.6 Å². The van der Waals surface area contributed by atoms with E-state index in [2.05, 4.69) is 15.3 Å². The fourth-order valence-electron chi connectivity index (χ4n) is 3.84. The lowest BCUT2D eigenvalue weighted by atomic mass is 9.99. The minimum Gasteiger partial charge on any atom is -0.436 e. The third-order valence-electron chi connectivity index (χ3n) is 5.61. The van der Waals surface area contributed by atoms with Gasteiger partial charge in [0.2, 0.25) is 11.8 Å². The number of pyridine rings is 1. The number of carbonyl (C=O) groups excluding carboxylic acids is 1. The predicted molar refractivity (Wildman–Crippen MR) is 136 cm³/mol. The maximum atomic E-state index is 13.5. The van der Waals surface area contributed by atoms with Crippen LogP contribution in [0.5, 0.6) is 11.6 Å². The van der Waals surface area contributed by atoms with E-state index in [-0.39, 0.29) is 24.1 Å². The van der Waals surface area contributed by atoms with Gasteiger partial charge in [-0.3, -0.25) is 9.78 Å².